The van der Waals surface area contributed by atoms with Gasteiger partial charge in [0.25, 0.3) is 0 Å². The molecule has 0 atom stereocenters. The third-order valence-corrected chi connectivity index (χ3v) is 0.923. The molecule has 8 heavy (non-hydrogen) atoms. The van der Waals surface area contributed by atoms with Gasteiger partial charge >= 0.3 is 9.25 Å². The minimum Gasteiger partial charge on any atom is -0.303 e. The standard InChI is InChI=1S/C3H8O4P/c1-2-3-7-8(4,5)6/h1-3H2,(H2,4,5,6)/p+1. The molecule has 0 fully saturated rings. The summed E-state index contributed by atoms with van der Waals surface area (Å²) in [5.74, 6) is 0. The molecule has 0 aromatic rings. The minimum atomic E-state index is -4.22. The fraction of sp³-hybridized carbons (Fsp3) is 0.667. The molecule has 0 saturated carbocycles. The summed E-state index contributed by atoms with van der Waals surface area (Å²) in [5, 5.41) is 0. The van der Waals surface area contributed by atoms with Crippen LogP contribution >= 0.6 is 7.82 Å². The summed E-state index contributed by atoms with van der Waals surface area (Å²) in [6, 6.07) is 0. The van der Waals surface area contributed by atoms with Crippen molar-refractivity contribution in [3.8, 4) is 0 Å². The van der Waals surface area contributed by atoms with E-state index in [0.717, 1.165) is 0 Å². The molecule has 0 aliphatic carbocycles. The average Bonchev–Trinajstić information content (AvgIpc) is 1.59. The van der Waals surface area contributed by atoms with E-state index in [1.165, 1.54) is 0 Å². The third kappa shape index (κ3) is 6.11. The van der Waals surface area contributed by atoms with Crippen molar-refractivity contribution in [1.82, 2.24) is 0 Å². The fourth-order valence-corrected chi connectivity index (χ4v) is 0.550. The summed E-state index contributed by atoms with van der Waals surface area (Å²) in [6.07, 6.45) is 0.366. The molecule has 0 heterocycles. The highest BCUT2D eigenvalue weighted by Gasteiger charge is 2.11. The van der Waals surface area contributed by atoms with Crippen LogP contribution in [-0.4, -0.2) is 16.4 Å². The van der Waals surface area contributed by atoms with E-state index >= 15 is 0 Å². The highest BCUT2D eigenvalue weighted by molar-refractivity contribution is 7.46. The van der Waals surface area contributed by atoms with Gasteiger partial charge in [-0.05, 0) is 6.42 Å². The van der Waals surface area contributed by atoms with Crippen LogP contribution in [0, 0.1) is 6.92 Å². The van der Waals surface area contributed by atoms with Crippen molar-refractivity contribution in [1.29, 1.82) is 0 Å². The zero-order valence-electron chi connectivity index (χ0n) is 5.28. The Kier molecular flexibility index (Phi) is 3.24. The molecule has 0 amide bonds. The Morgan fingerprint density at radius 3 is 2.38 bits per heavy atom. The zero-order valence-corrected chi connectivity index (χ0v) is 5.17. The van der Waals surface area contributed by atoms with Gasteiger partial charge in [-0.15, -0.1) is 0 Å². The molecular weight excluding hydrogens is 131 g/mol. The first kappa shape index (κ1) is 8.11. The van der Waals surface area contributed by atoms with Crippen molar-refractivity contribution in [3.63, 3.8) is 0 Å². The van der Waals surface area contributed by atoms with Gasteiger partial charge in [-0.1, -0.05) is 6.92 Å². The third-order valence-electron chi connectivity index (χ3n) is 0.404. The lowest BCUT2D eigenvalue weighted by atomic mass is 10.5. The molecule has 1 radical (unpaired) electrons. The normalized spacial score (nSPS) is 11.9. The molecule has 2 N–H and O–H groups in total. The zero-order chi connectivity index (χ0) is 6.62. The summed E-state index contributed by atoms with van der Waals surface area (Å²) in [5.41, 5.74) is 0. The molecule has 0 saturated heterocycles. The van der Waals surface area contributed by atoms with Crippen molar-refractivity contribution in [2.45, 2.75) is 6.42 Å². The van der Waals surface area contributed by atoms with Crippen LogP contribution in [0.5, 0.6) is 0 Å². The van der Waals surface area contributed by atoms with E-state index in [9.17, 15) is 4.57 Å². The molecule has 0 spiro atoms. The summed E-state index contributed by atoms with van der Waals surface area (Å²) in [7, 11) is -4.22. The Balaban J connectivity index is 0. The van der Waals surface area contributed by atoms with Crippen molar-refractivity contribution < 1.29 is 20.3 Å². The van der Waals surface area contributed by atoms with E-state index < -0.39 is 7.82 Å². The highest BCUT2D eigenvalue weighted by atomic mass is 31.2. The second kappa shape index (κ2) is 3.20. The van der Waals surface area contributed by atoms with Gasteiger partial charge in [-0.25, -0.2) is 4.57 Å². The van der Waals surface area contributed by atoms with Gasteiger partial charge in [-0.3, -0.25) is 4.52 Å². The average molecular weight is 140 g/mol. The largest absolute Gasteiger partial charge is 1.00 e. The van der Waals surface area contributed by atoms with Gasteiger partial charge < -0.3 is 9.79 Å². The van der Waals surface area contributed by atoms with Crippen LogP contribution < -0.4 is 0 Å². The van der Waals surface area contributed by atoms with E-state index in [1.807, 2.05) is 0 Å². The molecule has 5 heteroatoms. The lowest BCUT2D eigenvalue weighted by Gasteiger charge is -2.00. The maximum atomic E-state index is 9.83. The summed E-state index contributed by atoms with van der Waals surface area (Å²) in [4.78, 5) is 16.0. The highest BCUT2D eigenvalue weighted by Crippen LogP contribution is 2.35. The first-order valence-electron chi connectivity index (χ1n) is 2.05. The Morgan fingerprint density at radius 1 is 1.75 bits per heavy atom. The van der Waals surface area contributed by atoms with Crippen LogP contribution in [0.25, 0.3) is 0 Å². The second-order valence-electron chi connectivity index (χ2n) is 1.18. The van der Waals surface area contributed by atoms with Crippen LogP contribution in [0.2, 0.25) is 0 Å². The molecule has 4 nitrogen and oxygen atoms in total. The number of hydrogen-bond acceptors (Lipinski definition) is 2. The molecule has 0 rings (SSSR count). The van der Waals surface area contributed by atoms with E-state index in [1.54, 1.807) is 0 Å². The Hall–Kier alpha value is 0.110. The van der Waals surface area contributed by atoms with E-state index in [2.05, 4.69) is 11.4 Å². The molecule has 0 bridgehead atoms. The van der Waals surface area contributed by atoms with E-state index in [4.69, 9.17) is 9.79 Å². The number of hydrogen-bond donors (Lipinski definition) is 2. The molecule has 0 aromatic heterocycles. The van der Waals surface area contributed by atoms with Gasteiger partial charge in [0, 0.05) is 0 Å². The van der Waals surface area contributed by atoms with Crippen molar-refractivity contribution in [3.05, 3.63) is 6.92 Å². The van der Waals surface area contributed by atoms with Crippen LogP contribution in [0.3, 0.4) is 0 Å². The van der Waals surface area contributed by atoms with Crippen LogP contribution in [0.15, 0.2) is 0 Å². The first-order valence-corrected chi connectivity index (χ1v) is 3.58. The monoisotopic (exact) mass is 140 g/mol. The summed E-state index contributed by atoms with van der Waals surface area (Å²) in [6.45, 7) is 3.32. The molecule has 49 valence electrons. The van der Waals surface area contributed by atoms with Crippen molar-refractivity contribution in [2.75, 3.05) is 6.61 Å². The van der Waals surface area contributed by atoms with Crippen LogP contribution in [-0.2, 0) is 9.09 Å². The van der Waals surface area contributed by atoms with Crippen LogP contribution in [0.1, 0.15) is 7.85 Å². The summed E-state index contributed by atoms with van der Waals surface area (Å²) >= 11 is 0. The molecule has 0 unspecified atom stereocenters. The van der Waals surface area contributed by atoms with E-state index in [-0.39, 0.29) is 8.03 Å². The molecule has 0 aliphatic rings. The van der Waals surface area contributed by atoms with Gasteiger partial charge in [0.2, 0.25) is 0 Å². The van der Waals surface area contributed by atoms with Crippen molar-refractivity contribution >= 4 is 7.82 Å². The fourth-order valence-electron chi connectivity index (χ4n) is 0.183. The SMILES string of the molecule is [CH2]CCOP(=O)(O)O.[H+]. The van der Waals surface area contributed by atoms with Gasteiger partial charge in [0.1, 0.15) is 0 Å². The van der Waals surface area contributed by atoms with E-state index in [0.29, 0.717) is 6.42 Å². The number of phosphoric ester groups is 1. The second-order valence-corrected chi connectivity index (χ2v) is 2.42. The van der Waals surface area contributed by atoms with Gasteiger partial charge in [0.05, 0.1) is 6.61 Å². The van der Waals surface area contributed by atoms with Gasteiger partial charge in [0.15, 0.2) is 0 Å². The van der Waals surface area contributed by atoms with Crippen LogP contribution in [0.4, 0.5) is 0 Å². The maximum Gasteiger partial charge on any atom is 1.00 e. The molecule has 0 aromatic carbocycles. The molecular formula is C3H9O4P+. The Morgan fingerprint density at radius 2 is 2.25 bits per heavy atom. The predicted octanol–water partition coefficient (Wildman–Crippen LogP) is 0.432. The number of rotatable bonds is 3. The Bertz CT molecular complexity index is 100.0. The molecule has 0 aliphatic heterocycles. The summed E-state index contributed by atoms with van der Waals surface area (Å²) < 4.78 is 13.8. The maximum absolute atomic E-state index is 9.83. The predicted molar refractivity (Wildman–Crippen MR) is 29.1 cm³/mol. The smallest absolute Gasteiger partial charge is 0.303 e. The topological polar surface area (TPSA) is 66.8 Å². The van der Waals surface area contributed by atoms with Crippen molar-refractivity contribution in [2.24, 2.45) is 0 Å². The Labute approximate surface area is 49.2 Å². The lowest BCUT2D eigenvalue weighted by molar-refractivity contribution is 0.200. The number of phosphoric acid groups is 1. The quantitative estimate of drug-likeness (QED) is 0.558. The minimum absolute atomic E-state index is 0. The first-order chi connectivity index (χ1) is 3.56. The lowest BCUT2D eigenvalue weighted by Crippen LogP contribution is -1.88. The van der Waals surface area contributed by atoms with Gasteiger partial charge in [-0.2, -0.15) is 0 Å².